The van der Waals surface area contributed by atoms with E-state index >= 15 is 0 Å². The molecule has 0 spiro atoms. The van der Waals surface area contributed by atoms with Gasteiger partial charge in [-0.1, -0.05) is 29.8 Å². The Bertz CT molecular complexity index is 908. The number of likely N-dealkylation sites (tertiary alicyclic amines) is 1. The molecule has 0 radical (unpaired) electrons. The molecule has 3 N–H and O–H groups in total. The molecule has 2 aliphatic rings. The zero-order valence-electron chi connectivity index (χ0n) is 16.3. The first-order valence-electron chi connectivity index (χ1n) is 9.88. The number of fused-ring (bicyclic) bond motifs is 2. The lowest BCUT2D eigenvalue weighted by Gasteiger charge is -2.27. The predicted molar refractivity (Wildman–Crippen MR) is 113 cm³/mol. The summed E-state index contributed by atoms with van der Waals surface area (Å²) in [7, 11) is 2.17. The van der Waals surface area contributed by atoms with Crippen LogP contribution in [0.1, 0.15) is 44.1 Å². The molecule has 1 aromatic carbocycles. The average Bonchev–Trinajstić information content (AvgIpc) is 3.05. The van der Waals surface area contributed by atoms with Gasteiger partial charge in [0.15, 0.2) is 0 Å². The largest absolute Gasteiger partial charge is 0.394 e. The van der Waals surface area contributed by atoms with Crippen molar-refractivity contribution in [3.05, 3.63) is 62.3 Å². The van der Waals surface area contributed by atoms with Crippen LogP contribution in [-0.2, 0) is 12.8 Å². The van der Waals surface area contributed by atoms with Crippen LogP contribution in [0.15, 0.2) is 35.9 Å². The number of benzene rings is 1. The van der Waals surface area contributed by atoms with Crippen molar-refractivity contribution in [3.63, 3.8) is 0 Å². The van der Waals surface area contributed by atoms with Crippen LogP contribution in [0.4, 0.5) is 0 Å². The van der Waals surface area contributed by atoms with E-state index < -0.39 is 0 Å². The molecule has 0 unspecified atom stereocenters. The highest BCUT2D eigenvalue weighted by Crippen LogP contribution is 2.41. The quantitative estimate of drug-likeness (QED) is 0.475. The fraction of sp³-hybridized carbons (Fsp3) is 0.409. The normalized spacial score (nSPS) is 17.1. The Kier molecular flexibility index (Phi) is 5.64. The van der Waals surface area contributed by atoms with E-state index in [1.165, 1.54) is 32.7 Å². The van der Waals surface area contributed by atoms with Gasteiger partial charge in [0.1, 0.15) is 0 Å². The molecule has 1 aromatic heterocycles. The summed E-state index contributed by atoms with van der Waals surface area (Å²) in [6.45, 7) is 2.15. The van der Waals surface area contributed by atoms with Gasteiger partial charge in [-0.25, -0.2) is 5.84 Å². The highest BCUT2D eigenvalue weighted by Gasteiger charge is 2.27. The Morgan fingerprint density at radius 1 is 1.18 bits per heavy atom. The number of carbonyl (C=O) groups is 1. The zero-order valence-corrected chi connectivity index (χ0v) is 17.1. The minimum Gasteiger partial charge on any atom is -0.394 e. The van der Waals surface area contributed by atoms with E-state index in [9.17, 15) is 4.79 Å². The summed E-state index contributed by atoms with van der Waals surface area (Å²) < 4.78 is 0. The number of thiophene rings is 1. The lowest BCUT2D eigenvalue weighted by molar-refractivity contribution is 0.0726. The number of rotatable bonds is 3. The first-order valence-corrected chi connectivity index (χ1v) is 10.7. The molecule has 1 aliphatic heterocycles. The highest BCUT2D eigenvalue weighted by molar-refractivity contribution is 7.14. The number of nitrogens with zero attached hydrogens (tertiary/aromatic N) is 2. The van der Waals surface area contributed by atoms with Crippen molar-refractivity contribution in [2.24, 2.45) is 5.84 Å². The topological polar surface area (TPSA) is 69.8 Å². The molecule has 1 aliphatic carbocycles. The standard InChI is InChI=1S/C22H27N3O2S/c1-24-10-8-16(9-11-24)21-17-5-3-2-4-15(17)6-7-19-18(21)14-20(28-19)22(27)25(23)12-13-26/h2-5,14,26H,6-13,23H2,1H3. The second kappa shape index (κ2) is 8.17. The number of hydrogen-bond acceptors (Lipinski definition) is 5. The third-order valence-electron chi connectivity index (χ3n) is 5.74. The number of hydrogen-bond donors (Lipinski definition) is 2. The number of aliphatic hydroxyl groups is 1. The van der Waals surface area contributed by atoms with Gasteiger partial charge in [0, 0.05) is 18.0 Å². The first-order chi connectivity index (χ1) is 13.6. The fourth-order valence-corrected chi connectivity index (χ4v) is 5.30. The fourth-order valence-electron chi connectivity index (χ4n) is 4.18. The van der Waals surface area contributed by atoms with Crippen molar-refractivity contribution in [1.82, 2.24) is 9.91 Å². The Morgan fingerprint density at radius 2 is 1.93 bits per heavy atom. The van der Waals surface area contributed by atoms with Gasteiger partial charge in [0.25, 0.3) is 5.91 Å². The smallest absolute Gasteiger partial charge is 0.277 e. The Morgan fingerprint density at radius 3 is 2.68 bits per heavy atom. The molecule has 28 heavy (non-hydrogen) atoms. The maximum atomic E-state index is 12.7. The highest BCUT2D eigenvalue weighted by atomic mass is 32.1. The molecule has 4 rings (SSSR count). The van der Waals surface area contributed by atoms with Crippen molar-refractivity contribution in [2.75, 3.05) is 33.3 Å². The number of hydrazine groups is 1. The number of aryl methyl sites for hydroxylation is 2. The van der Waals surface area contributed by atoms with Gasteiger partial charge < -0.3 is 10.0 Å². The second-order valence-electron chi connectivity index (χ2n) is 7.61. The van der Waals surface area contributed by atoms with Crippen LogP contribution in [0.2, 0.25) is 0 Å². The van der Waals surface area contributed by atoms with Crippen molar-refractivity contribution >= 4 is 22.8 Å². The van der Waals surface area contributed by atoms with Crippen LogP contribution in [0, 0.1) is 0 Å². The molecule has 2 aromatic rings. The number of piperidine rings is 1. The third kappa shape index (κ3) is 3.65. The molecule has 0 saturated carbocycles. The molecule has 5 nitrogen and oxygen atoms in total. The molecule has 1 amide bonds. The van der Waals surface area contributed by atoms with Gasteiger partial charge >= 0.3 is 0 Å². The Labute approximate surface area is 170 Å². The summed E-state index contributed by atoms with van der Waals surface area (Å²) in [4.78, 5) is 17.0. The molecule has 2 heterocycles. The molecule has 6 heteroatoms. The SMILES string of the molecule is CN1CCC(=C2c3ccccc3CCc3sc(C(=O)N(N)CCO)cc32)CC1. The van der Waals surface area contributed by atoms with Gasteiger partial charge in [-0.2, -0.15) is 0 Å². The van der Waals surface area contributed by atoms with Gasteiger partial charge in [-0.05, 0) is 61.1 Å². The Balaban J connectivity index is 1.81. The molecule has 0 atom stereocenters. The molecular formula is C22H27N3O2S. The van der Waals surface area contributed by atoms with Crippen molar-refractivity contribution < 1.29 is 9.90 Å². The summed E-state index contributed by atoms with van der Waals surface area (Å²) in [5.74, 6) is 5.62. The minimum atomic E-state index is -0.215. The summed E-state index contributed by atoms with van der Waals surface area (Å²) in [5, 5.41) is 10.2. The minimum absolute atomic E-state index is 0.135. The van der Waals surface area contributed by atoms with Crippen LogP contribution in [0.3, 0.4) is 0 Å². The Hall–Kier alpha value is -1.99. The van der Waals surface area contributed by atoms with Gasteiger partial charge in [-0.15, -0.1) is 11.3 Å². The number of amides is 1. The zero-order chi connectivity index (χ0) is 19.7. The van der Waals surface area contributed by atoms with Crippen LogP contribution >= 0.6 is 11.3 Å². The summed E-state index contributed by atoms with van der Waals surface area (Å²) >= 11 is 1.55. The van der Waals surface area contributed by atoms with E-state index in [1.807, 2.05) is 6.07 Å². The lowest BCUT2D eigenvalue weighted by Crippen LogP contribution is -2.39. The van der Waals surface area contributed by atoms with E-state index in [-0.39, 0.29) is 19.1 Å². The van der Waals surface area contributed by atoms with Crippen LogP contribution in [0.25, 0.3) is 5.57 Å². The third-order valence-corrected chi connectivity index (χ3v) is 6.93. The summed E-state index contributed by atoms with van der Waals surface area (Å²) in [6, 6.07) is 10.7. The first kappa shape index (κ1) is 19.3. The maximum Gasteiger partial charge on any atom is 0.277 e. The summed E-state index contributed by atoms with van der Waals surface area (Å²) in [6.07, 6.45) is 4.04. The molecule has 1 fully saturated rings. The van der Waals surface area contributed by atoms with Crippen LogP contribution in [-0.4, -0.2) is 54.2 Å². The number of aliphatic hydroxyl groups excluding tert-OH is 1. The molecule has 148 valence electrons. The predicted octanol–water partition coefficient (Wildman–Crippen LogP) is 2.68. The second-order valence-corrected chi connectivity index (χ2v) is 8.75. The number of carbonyl (C=O) groups excluding carboxylic acids is 1. The number of nitrogens with two attached hydrogens (primary N) is 1. The van der Waals surface area contributed by atoms with Crippen molar-refractivity contribution in [3.8, 4) is 0 Å². The monoisotopic (exact) mass is 397 g/mol. The van der Waals surface area contributed by atoms with E-state index in [2.05, 4.69) is 36.2 Å². The van der Waals surface area contributed by atoms with Crippen LogP contribution < -0.4 is 5.84 Å². The van der Waals surface area contributed by atoms with E-state index in [4.69, 9.17) is 10.9 Å². The average molecular weight is 398 g/mol. The van der Waals surface area contributed by atoms with Gasteiger partial charge in [0.05, 0.1) is 18.0 Å². The van der Waals surface area contributed by atoms with Crippen LogP contribution in [0.5, 0.6) is 0 Å². The van der Waals surface area contributed by atoms with Gasteiger partial charge in [0.2, 0.25) is 0 Å². The molecule has 0 bridgehead atoms. The van der Waals surface area contributed by atoms with Gasteiger partial charge in [-0.3, -0.25) is 9.80 Å². The van der Waals surface area contributed by atoms with E-state index in [0.717, 1.165) is 43.8 Å². The van der Waals surface area contributed by atoms with E-state index in [1.54, 1.807) is 11.3 Å². The van der Waals surface area contributed by atoms with Crippen molar-refractivity contribution in [1.29, 1.82) is 0 Å². The maximum absolute atomic E-state index is 12.7. The van der Waals surface area contributed by atoms with E-state index in [0.29, 0.717) is 4.88 Å². The molecular weight excluding hydrogens is 370 g/mol. The molecule has 1 saturated heterocycles. The van der Waals surface area contributed by atoms with Crippen molar-refractivity contribution in [2.45, 2.75) is 25.7 Å². The summed E-state index contributed by atoms with van der Waals surface area (Å²) in [5.41, 5.74) is 6.73. The lowest BCUT2D eigenvalue weighted by atomic mass is 9.87.